The summed E-state index contributed by atoms with van der Waals surface area (Å²) in [6, 6.07) is 0. The minimum atomic E-state index is 0.244. The van der Waals surface area contributed by atoms with Crippen LogP contribution < -0.4 is 0 Å². The fourth-order valence-electron chi connectivity index (χ4n) is 2.35. The van der Waals surface area contributed by atoms with E-state index in [0.717, 1.165) is 31.5 Å². The Balaban J connectivity index is 2.10. The maximum Gasteiger partial charge on any atom is 0.254 e. The molecule has 94 valence electrons. The van der Waals surface area contributed by atoms with Crippen LogP contribution in [0, 0.1) is 13.8 Å². The first-order valence-corrected chi connectivity index (χ1v) is 7.42. The first-order chi connectivity index (χ1) is 8.20. The number of rotatable bonds is 1. The normalized spacial score (nSPS) is 17.6. The van der Waals surface area contributed by atoms with Gasteiger partial charge in [-0.25, -0.2) is 0 Å². The zero-order valence-corrected chi connectivity index (χ0v) is 11.6. The SMILES string of the molecule is Cc1scc(C(=O)N2CCCCCCC2)c1C. The smallest absolute Gasteiger partial charge is 0.254 e. The molecule has 2 nitrogen and oxygen atoms in total. The number of carbonyl (C=O) groups excluding carboxylic acids is 1. The van der Waals surface area contributed by atoms with Crippen LogP contribution in [0.5, 0.6) is 0 Å². The number of thiophene rings is 1. The Morgan fingerprint density at radius 1 is 1.12 bits per heavy atom. The summed E-state index contributed by atoms with van der Waals surface area (Å²) in [5, 5.41) is 2.02. The quantitative estimate of drug-likeness (QED) is 0.744. The van der Waals surface area contributed by atoms with Crippen molar-refractivity contribution in [3.05, 3.63) is 21.4 Å². The molecule has 2 heterocycles. The Kier molecular flexibility index (Phi) is 4.21. The van der Waals surface area contributed by atoms with Crippen molar-refractivity contribution in [2.24, 2.45) is 0 Å². The Bertz CT molecular complexity index is 389. The molecule has 1 aromatic rings. The van der Waals surface area contributed by atoms with Gasteiger partial charge in [-0.05, 0) is 32.3 Å². The van der Waals surface area contributed by atoms with Crippen LogP contribution in [0.15, 0.2) is 5.38 Å². The summed E-state index contributed by atoms with van der Waals surface area (Å²) in [6.45, 7) is 6.02. The van der Waals surface area contributed by atoms with E-state index in [-0.39, 0.29) is 5.91 Å². The lowest BCUT2D eigenvalue weighted by Crippen LogP contribution is -2.33. The minimum Gasteiger partial charge on any atom is -0.339 e. The van der Waals surface area contributed by atoms with Crippen molar-refractivity contribution < 1.29 is 4.79 Å². The van der Waals surface area contributed by atoms with Crippen molar-refractivity contribution in [1.82, 2.24) is 4.90 Å². The molecular formula is C14H21NOS. The van der Waals surface area contributed by atoms with E-state index < -0.39 is 0 Å². The molecule has 0 aliphatic carbocycles. The summed E-state index contributed by atoms with van der Waals surface area (Å²) in [5.41, 5.74) is 2.09. The van der Waals surface area contributed by atoms with Crippen molar-refractivity contribution in [2.75, 3.05) is 13.1 Å². The number of hydrogen-bond donors (Lipinski definition) is 0. The zero-order chi connectivity index (χ0) is 12.3. The van der Waals surface area contributed by atoms with Crippen molar-refractivity contribution in [3.63, 3.8) is 0 Å². The molecule has 1 saturated heterocycles. The molecule has 0 N–H and O–H groups in total. The van der Waals surface area contributed by atoms with Gasteiger partial charge in [0.15, 0.2) is 0 Å². The summed E-state index contributed by atoms with van der Waals surface area (Å²) < 4.78 is 0. The van der Waals surface area contributed by atoms with Gasteiger partial charge in [0.05, 0.1) is 5.56 Å². The van der Waals surface area contributed by atoms with E-state index in [9.17, 15) is 4.79 Å². The second-order valence-corrected chi connectivity index (χ2v) is 5.97. The summed E-state index contributed by atoms with van der Waals surface area (Å²) in [5.74, 6) is 0.244. The molecular weight excluding hydrogens is 230 g/mol. The van der Waals surface area contributed by atoms with E-state index in [1.54, 1.807) is 11.3 Å². The van der Waals surface area contributed by atoms with E-state index in [4.69, 9.17) is 0 Å². The van der Waals surface area contributed by atoms with E-state index in [2.05, 4.69) is 13.8 Å². The van der Waals surface area contributed by atoms with E-state index in [1.807, 2.05) is 10.3 Å². The molecule has 0 atom stereocenters. The van der Waals surface area contributed by atoms with E-state index >= 15 is 0 Å². The van der Waals surface area contributed by atoms with Crippen LogP contribution in [0.25, 0.3) is 0 Å². The Morgan fingerprint density at radius 3 is 2.24 bits per heavy atom. The molecule has 3 heteroatoms. The highest BCUT2D eigenvalue weighted by atomic mass is 32.1. The second-order valence-electron chi connectivity index (χ2n) is 4.89. The highest BCUT2D eigenvalue weighted by Gasteiger charge is 2.19. The van der Waals surface area contributed by atoms with Gasteiger partial charge in [-0.3, -0.25) is 4.79 Å². The largest absolute Gasteiger partial charge is 0.339 e. The van der Waals surface area contributed by atoms with Gasteiger partial charge in [0, 0.05) is 23.3 Å². The maximum absolute atomic E-state index is 12.4. The van der Waals surface area contributed by atoms with Crippen LogP contribution in [0.3, 0.4) is 0 Å². The molecule has 2 rings (SSSR count). The van der Waals surface area contributed by atoms with Crippen LogP contribution in [-0.2, 0) is 0 Å². The molecule has 0 unspecified atom stereocenters. The number of hydrogen-bond acceptors (Lipinski definition) is 2. The molecule has 1 aliphatic heterocycles. The topological polar surface area (TPSA) is 20.3 Å². The molecule has 1 aliphatic rings. The first kappa shape index (κ1) is 12.6. The molecule has 0 spiro atoms. The number of nitrogens with zero attached hydrogens (tertiary/aromatic N) is 1. The van der Waals surface area contributed by atoms with E-state index in [0.29, 0.717) is 0 Å². The predicted octanol–water partition coefficient (Wildman–Crippen LogP) is 3.77. The maximum atomic E-state index is 12.4. The first-order valence-electron chi connectivity index (χ1n) is 6.54. The summed E-state index contributed by atoms with van der Waals surface area (Å²) in [7, 11) is 0. The van der Waals surface area contributed by atoms with Crippen LogP contribution in [-0.4, -0.2) is 23.9 Å². The van der Waals surface area contributed by atoms with Gasteiger partial charge >= 0.3 is 0 Å². The molecule has 0 radical (unpaired) electrons. The number of carbonyl (C=O) groups is 1. The third-order valence-corrected chi connectivity index (χ3v) is 4.67. The van der Waals surface area contributed by atoms with Crippen molar-refractivity contribution in [3.8, 4) is 0 Å². The summed E-state index contributed by atoms with van der Waals surface area (Å²) in [4.78, 5) is 15.7. The Hall–Kier alpha value is -0.830. The molecule has 17 heavy (non-hydrogen) atoms. The van der Waals surface area contributed by atoms with Crippen LogP contribution in [0.4, 0.5) is 0 Å². The van der Waals surface area contributed by atoms with Gasteiger partial charge in [0.2, 0.25) is 0 Å². The third kappa shape index (κ3) is 2.89. The Morgan fingerprint density at radius 2 is 1.71 bits per heavy atom. The standard InChI is InChI=1S/C14H21NOS/c1-11-12(2)17-10-13(11)14(16)15-8-6-4-3-5-7-9-15/h10H,3-9H2,1-2H3. The van der Waals surface area contributed by atoms with Gasteiger partial charge < -0.3 is 4.90 Å². The van der Waals surface area contributed by atoms with Crippen LogP contribution in [0.1, 0.15) is 52.9 Å². The average Bonchev–Trinajstić information content (AvgIpc) is 2.58. The fourth-order valence-corrected chi connectivity index (χ4v) is 3.20. The lowest BCUT2D eigenvalue weighted by molar-refractivity contribution is 0.0742. The van der Waals surface area contributed by atoms with Crippen LogP contribution >= 0.6 is 11.3 Å². The summed E-state index contributed by atoms with van der Waals surface area (Å²) in [6.07, 6.45) is 6.19. The van der Waals surface area contributed by atoms with Gasteiger partial charge in [-0.1, -0.05) is 19.3 Å². The monoisotopic (exact) mass is 251 g/mol. The summed E-state index contributed by atoms with van der Waals surface area (Å²) >= 11 is 1.69. The molecule has 0 saturated carbocycles. The average molecular weight is 251 g/mol. The van der Waals surface area contributed by atoms with Gasteiger partial charge in [-0.15, -0.1) is 11.3 Å². The number of amides is 1. The van der Waals surface area contributed by atoms with Gasteiger partial charge in [0.1, 0.15) is 0 Å². The minimum absolute atomic E-state index is 0.244. The third-order valence-electron chi connectivity index (χ3n) is 3.66. The predicted molar refractivity (Wildman–Crippen MR) is 72.8 cm³/mol. The lowest BCUT2D eigenvalue weighted by atomic mass is 10.1. The lowest BCUT2D eigenvalue weighted by Gasteiger charge is -2.24. The van der Waals surface area contributed by atoms with Crippen molar-refractivity contribution in [2.45, 2.75) is 46.0 Å². The highest BCUT2D eigenvalue weighted by molar-refractivity contribution is 7.10. The van der Waals surface area contributed by atoms with Crippen LogP contribution in [0.2, 0.25) is 0 Å². The van der Waals surface area contributed by atoms with Gasteiger partial charge in [0.25, 0.3) is 5.91 Å². The zero-order valence-electron chi connectivity index (χ0n) is 10.8. The number of likely N-dealkylation sites (tertiary alicyclic amines) is 1. The molecule has 1 amide bonds. The Labute approximate surface area is 108 Å². The van der Waals surface area contributed by atoms with Gasteiger partial charge in [-0.2, -0.15) is 0 Å². The number of aryl methyl sites for hydroxylation is 1. The molecule has 1 fully saturated rings. The van der Waals surface area contributed by atoms with Crippen molar-refractivity contribution >= 4 is 17.2 Å². The van der Waals surface area contributed by atoms with E-state index in [1.165, 1.54) is 29.7 Å². The molecule has 1 aromatic heterocycles. The molecule has 0 aromatic carbocycles. The fraction of sp³-hybridized carbons (Fsp3) is 0.643. The highest BCUT2D eigenvalue weighted by Crippen LogP contribution is 2.23. The molecule has 0 bridgehead atoms. The second kappa shape index (κ2) is 5.67. The van der Waals surface area contributed by atoms with Crippen molar-refractivity contribution in [1.29, 1.82) is 0 Å².